The van der Waals surface area contributed by atoms with Crippen molar-refractivity contribution in [3.8, 4) is 0 Å². The molecule has 0 radical (unpaired) electrons. The Balaban J connectivity index is 2.56. The second-order valence-electron chi connectivity index (χ2n) is 3.31. The molecule has 0 saturated carbocycles. The van der Waals surface area contributed by atoms with E-state index in [1.165, 1.54) is 11.1 Å². The highest BCUT2D eigenvalue weighted by Gasteiger charge is 2.34. The maximum absolute atomic E-state index is 5.59. The molecule has 70 valence electrons. The zero-order valence-electron chi connectivity index (χ0n) is 8.39. The van der Waals surface area contributed by atoms with Crippen molar-refractivity contribution in [2.75, 3.05) is 20.3 Å². The highest BCUT2D eigenvalue weighted by Crippen LogP contribution is 2.36. The highest BCUT2D eigenvalue weighted by atomic mass is 16.5. The third-order valence-corrected chi connectivity index (χ3v) is 2.63. The molecule has 0 saturated heterocycles. The van der Waals surface area contributed by atoms with Gasteiger partial charge in [0.15, 0.2) is 0 Å². The van der Waals surface area contributed by atoms with Crippen molar-refractivity contribution >= 4 is 0 Å². The summed E-state index contributed by atoms with van der Waals surface area (Å²) in [7, 11) is 1.73. The lowest BCUT2D eigenvalue weighted by Crippen LogP contribution is -2.37. The SMILES string of the molecule is CCO[C@H]1C(COC)=C(C)[C@H]1C. The van der Waals surface area contributed by atoms with Gasteiger partial charge < -0.3 is 9.47 Å². The van der Waals surface area contributed by atoms with Gasteiger partial charge in [0, 0.05) is 19.6 Å². The summed E-state index contributed by atoms with van der Waals surface area (Å²) in [6.07, 6.45) is 0.315. The molecule has 0 fully saturated rings. The van der Waals surface area contributed by atoms with Gasteiger partial charge in [0.1, 0.15) is 0 Å². The van der Waals surface area contributed by atoms with Gasteiger partial charge >= 0.3 is 0 Å². The van der Waals surface area contributed by atoms with Crippen LogP contribution in [0.5, 0.6) is 0 Å². The Morgan fingerprint density at radius 2 is 2.08 bits per heavy atom. The zero-order chi connectivity index (χ0) is 9.14. The molecule has 2 atom stereocenters. The van der Waals surface area contributed by atoms with Crippen LogP contribution in [0, 0.1) is 5.92 Å². The first-order valence-corrected chi connectivity index (χ1v) is 4.52. The molecule has 12 heavy (non-hydrogen) atoms. The van der Waals surface area contributed by atoms with Gasteiger partial charge in [0.05, 0.1) is 12.7 Å². The van der Waals surface area contributed by atoms with E-state index in [4.69, 9.17) is 9.47 Å². The molecular formula is C10H18O2. The van der Waals surface area contributed by atoms with Crippen LogP contribution in [0.15, 0.2) is 11.1 Å². The maximum Gasteiger partial charge on any atom is 0.0872 e. The van der Waals surface area contributed by atoms with Gasteiger partial charge in [0.2, 0.25) is 0 Å². The molecule has 0 aromatic rings. The monoisotopic (exact) mass is 170 g/mol. The summed E-state index contributed by atoms with van der Waals surface area (Å²) < 4.78 is 10.7. The Morgan fingerprint density at radius 1 is 1.42 bits per heavy atom. The molecule has 0 unspecified atom stereocenters. The van der Waals surface area contributed by atoms with Crippen molar-refractivity contribution in [1.29, 1.82) is 0 Å². The summed E-state index contributed by atoms with van der Waals surface area (Å²) in [5.41, 5.74) is 2.78. The molecule has 2 heteroatoms. The molecule has 0 aliphatic heterocycles. The van der Waals surface area contributed by atoms with Gasteiger partial charge in [-0.25, -0.2) is 0 Å². The largest absolute Gasteiger partial charge is 0.380 e. The van der Waals surface area contributed by atoms with E-state index in [9.17, 15) is 0 Å². The Kier molecular flexibility index (Phi) is 3.29. The van der Waals surface area contributed by atoms with Crippen LogP contribution in [-0.4, -0.2) is 26.4 Å². The van der Waals surface area contributed by atoms with Crippen LogP contribution in [0.3, 0.4) is 0 Å². The molecule has 0 heterocycles. The fourth-order valence-electron chi connectivity index (χ4n) is 1.73. The summed E-state index contributed by atoms with van der Waals surface area (Å²) in [5.74, 6) is 0.579. The predicted molar refractivity (Wildman–Crippen MR) is 49.2 cm³/mol. The molecule has 2 nitrogen and oxygen atoms in total. The highest BCUT2D eigenvalue weighted by molar-refractivity contribution is 5.32. The molecule has 1 aliphatic carbocycles. The maximum atomic E-state index is 5.59. The van der Waals surface area contributed by atoms with E-state index in [-0.39, 0.29) is 0 Å². The van der Waals surface area contributed by atoms with E-state index in [2.05, 4.69) is 13.8 Å². The van der Waals surface area contributed by atoms with Gasteiger partial charge in [0.25, 0.3) is 0 Å². The van der Waals surface area contributed by atoms with Crippen molar-refractivity contribution in [2.45, 2.75) is 26.9 Å². The van der Waals surface area contributed by atoms with Crippen LogP contribution < -0.4 is 0 Å². The summed E-state index contributed by atoms with van der Waals surface area (Å²) in [6, 6.07) is 0. The third-order valence-electron chi connectivity index (χ3n) is 2.63. The Morgan fingerprint density at radius 3 is 2.58 bits per heavy atom. The van der Waals surface area contributed by atoms with Gasteiger partial charge in [-0.1, -0.05) is 12.5 Å². The minimum atomic E-state index is 0.315. The fraction of sp³-hybridized carbons (Fsp3) is 0.800. The molecule has 0 spiro atoms. The zero-order valence-corrected chi connectivity index (χ0v) is 8.39. The first-order chi connectivity index (χ1) is 5.72. The van der Waals surface area contributed by atoms with Crippen molar-refractivity contribution in [3.63, 3.8) is 0 Å². The lowest BCUT2D eigenvalue weighted by Gasteiger charge is -2.38. The van der Waals surface area contributed by atoms with E-state index in [1.54, 1.807) is 7.11 Å². The first-order valence-electron chi connectivity index (χ1n) is 4.52. The van der Waals surface area contributed by atoms with E-state index < -0.39 is 0 Å². The molecular weight excluding hydrogens is 152 g/mol. The number of methoxy groups -OCH3 is 1. The quantitative estimate of drug-likeness (QED) is 0.601. The Bertz CT molecular complexity index is 184. The second-order valence-corrected chi connectivity index (χ2v) is 3.31. The van der Waals surface area contributed by atoms with E-state index in [1.807, 2.05) is 6.92 Å². The van der Waals surface area contributed by atoms with Crippen molar-refractivity contribution in [1.82, 2.24) is 0 Å². The minimum Gasteiger partial charge on any atom is -0.380 e. The number of rotatable bonds is 4. The van der Waals surface area contributed by atoms with Crippen LogP contribution >= 0.6 is 0 Å². The Hall–Kier alpha value is -0.340. The summed E-state index contributed by atoms with van der Waals surface area (Å²) in [5, 5.41) is 0. The van der Waals surface area contributed by atoms with Gasteiger partial charge in [-0.3, -0.25) is 0 Å². The average Bonchev–Trinajstić information content (AvgIpc) is 2.10. The average molecular weight is 170 g/mol. The third kappa shape index (κ3) is 1.54. The van der Waals surface area contributed by atoms with Crippen molar-refractivity contribution in [3.05, 3.63) is 11.1 Å². The summed E-state index contributed by atoms with van der Waals surface area (Å²) >= 11 is 0. The molecule has 0 N–H and O–H groups in total. The molecule has 0 aromatic carbocycles. The molecule has 1 aliphatic rings. The standard InChI is InChI=1S/C10H18O2/c1-5-12-10-8(3)7(2)9(10)6-11-4/h8,10H,5-6H2,1-4H3/t8-,10-/m1/s1. The molecule has 0 aromatic heterocycles. The second kappa shape index (κ2) is 4.06. The van der Waals surface area contributed by atoms with Crippen LogP contribution in [0.1, 0.15) is 20.8 Å². The van der Waals surface area contributed by atoms with E-state index in [0.29, 0.717) is 12.0 Å². The number of ether oxygens (including phenoxy) is 2. The molecule has 0 amide bonds. The predicted octanol–water partition coefficient (Wildman–Crippen LogP) is 2.00. The topological polar surface area (TPSA) is 18.5 Å². The fourth-order valence-corrected chi connectivity index (χ4v) is 1.73. The minimum absolute atomic E-state index is 0.315. The Labute approximate surface area is 74.6 Å². The summed E-state index contributed by atoms with van der Waals surface area (Å²) in [6.45, 7) is 7.91. The van der Waals surface area contributed by atoms with E-state index >= 15 is 0 Å². The van der Waals surface area contributed by atoms with Crippen LogP contribution in [-0.2, 0) is 9.47 Å². The number of hydrogen-bond donors (Lipinski definition) is 0. The van der Waals surface area contributed by atoms with Crippen LogP contribution in [0.4, 0.5) is 0 Å². The van der Waals surface area contributed by atoms with Crippen molar-refractivity contribution in [2.24, 2.45) is 5.92 Å². The normalized spacial score (nSPS) is 29.0. The van der Waals surface area contributed by atoms with Crippen molar-refractivity contribution < 1.29 is 9.47 Å². The van der Waals surface area contributed by atoms with Gasteiger partial charge in [-0.15, -0.1) is 0 Å². The molecule has 1 rings (SSSR count). The first kappa shape index (κ1) is 9.75. The smallest absolute Gasteiger partial charge is 0.0872 e. The van der Waals surface area contributed by atoms with Gasteiger partial charge in [-0.2, -0.15) is 0 Å². The van der Waals surface area contributed by atoms with Crippen LogP contribution in [0.2, 0.25) is 0 Å². The van der Waals surface area contributed by atoms with Gasteiger partial charge in [-0.05, 0) is 19.4 Å². The lowest BCUT2D eigenvalue weighted by atomic mass is 9.77. The molecule has 0 bridgehead atoms. The number of hydrogen-bond acceptors (Lipinski definition) is 2. The summed E-state index contributed by atoms with van der Waals surface area (Å²) in [4.78, 5) is 0. The van der Waals surface area contributed by atoms with E-state index in [0.717, 1.165) is 13.2 Å². The lowest BCUT2D eigenvalue weighted by molar-refractivity contribution is 0.0279. The van der Waals surface area contributed by atoms with Crippen LogP contribution in [0.25, 0.3) is 0 Å².